The molecule has 6 heteroatoms. The molecule has 0 radical (unpaired) electrons. The number of piperidine rings is 1. The van der Waals surface area contributed by atoms with Gasteiger partial charge in [0.25, 0.3) is 5.91 Å². The minimum absolute atomic E-state index is 0.0737. The van der Waals surface area contributed by atoms with Gasteiger partial charge in [0.2, 0.25) is 5.91 Å². The van der Waals surface area contributed by atoms with Crippen molar-refractivity contribution in [2.75, 3.05) is 46.3 Å². The molecule has 6 nitrogen and oxygen atoms in total. The van der Waals surface area contributed by atoms with Crippen molar-refractivity contribution in [1.82, 2.24) is 14.7 Å². The van der Waals surface area contributed by atoms with E-state index in [4.69, 9.17) is 4.42 Å². The fourth-order valence-electron chi connectivity index (χ4n) is 6.70. The highest BCUT2D eigenvalue weighted by atomic mass is 16.3. The third kappa shape index (κ3) is 2.64. The fraction of sp³-hybridized carbons (Fsp3) is 0.727. The zero-order chi connectivity index (χ0) is 19.4. The molecule has 28 heavy (non-hydrogen) atoms. The number of rotatable bonds is 2. The van der Waals surface area contributed by atoms with Crippen LogP contribution in [0.15, 0.2) is 23.0 Å². The topological polar surface area (TPSA) is 57.0 Å². The predicted molar refractivity (Wildman–Crippen MR) is 105 cm³/mol. The Hall–Kier alpha value is -1.82. The van der Waals surface area contributed by atoms with Crippen LogP contribution < -0.4 is 0 Å². The van der Waals surface area contributed by atoms with Gasteiger partial charge in [-0.1, -0.05) is 0 Å². The summed E-state index contributed by atoms with van der Waals surface area (Å²) >= 11 is 0. The first-order valence-electron chi connectivity index (χ1n) is 10.8. The van der Waals surface area contributed by atoms with Crippen LogP contribution in [-0.2, 0) is 4.79 Å². The van der Waals surface area contributed by atoms with Crippen LogP contribution in [0.4, 0.5) is 0 Å². The van der Waals surface area contributed by atoms with Gasteiger partial charge in [0.15, 0.2) is 0 Å². The lowest BCUT2D eigenvalue weighted by Gasteiger charge is -2.44. The second-order valence-electron chi connectivity index (χ2n) is 9.57. The number of furan rings is 1. The molecule has 0 N–H and O–H groups in total. The quantitative estimate of drug-likeness (QED) is 0.785. The molecule has 1 aromatic rings. The summed E-state index contributed by atoms with van der Waals surface area (Å²) < 4.78 is 5.08. The Morgan fingerprint density at radius 1 is 1.04 bits per heavy atom. The van der Waals surface area contributed by atoms with E-state index in [2.05, 4.69) is 16.8 Å². The van der Waals surface area contributed by atoms with Gasteiger partial charge in [0.1, 0.15) is 6.26 Å². The van der Waals surface area contributed by atoms with E-state index >= 15 is 0 Å². The average Bonchev–Trinajstić information content (AvgIpc) is 3.48. The van der Waals surface area contributed by atoms with E-state index in [0.717, 1.165) is 77.8 Å². The third-order valence-corrected chi connectivity index (χ3v) is 8.16. The van der Waals surface area contributed by atoms with Crippen LogP contribution in [0.3, 0.4) is 0 Å². The molecule has 1 spiro atoms. The molecule has 2 amide bonds. The van der Waals surface area contributed by atoms with E-state index in [9.17, 15) is 9.59 Å². The minimum atomic E-state index is -0.185. The average molecular weight is 386 g/mol. The Balaban J connectivity index is 1.34. The van der Waals surface area contributed by atoms with Crippen molar-refractivity contribution >= 4 is 11.8 Å². The van der Waals surface area contributed by atoms with Gasteiger partial charge >= 0.3 is 0 Å². The molecule has 5 rings (SSSR count). The Morgan fingerprint density at radius 2 is 1.79 bits per heavy atom. The SMILES string of the molecule is CN1C[C@H]2C3(CCN(C(=O)c4ccoc4)CC3)CC[C@@]2(C(=O)N2CCCC2)C1. The Labute approximate surface area is 166 Å². The molecule has 3 saturated heterocycles. The molecule has 0 aromatic carbocycles. The van der Waals surface area contributed by atoms with Crippen LogP contribution in [-0.4, -0.2) is 72.8 Å². The molecule has 4 aliphatic rings. The van der Waals surface area contributed by atoms with Gasteiger partial charge in [0, 0.05) is 39.3 Å². The minimum Gasteiger partial charge on any atom is -0.472 e. The summed E-state index contributed by atoms with van der Waals surface area (Å²) in [6.07, 6.45) is 9.59. The standard InChI is InChI=1S/C22H31N3O3/c1-23-14-18-21(5-6-22(18,16-23)20(27)25-9-2-3-10-25)7-11-24(12-8-21)19(26)17-4-13-28-15-17/h4,13,15,18H,2-3,5-12,14,16H2,1H3/t18-,22+/m0/s1. The predicted octanol–water partition coefficient (Wildman–Crippen LogP) is 2.47. The lowest BCUT2D eigenvalue weighted by atomic mass is 9.65. The van der Waals surface area contributed by atoms with E-state index in [0.29, 0.717) is 17.4 Å². The van der Waals surface area contributed by atoms with Crippen LogP contribution in [0.1, 0.15) is 48.9 Å². The zero-order valence-corrected chi connectivity index (χ0v) is 16.9. The van der Waals surface area contributed by atoms with E-state index < -0.39 is 0 Å². The van der Waals surface area contributed by atoms with E-state index in [1.807, 2.05) is 4.90 Å². The normalized spacial score (nSPS) is 32.2. The van der Waals surface area contributed by atoms with Gasteiger partial charge in [-0.05, 0) is 63.0 Å². The third-order valence-electron chi connectivity index (χ3n) is 8.16. The van der Waals surface area contributed by atoms with E-state index in [-0.39, 0.29) is 16.7 Å². The Bertz CT molecular complexity index is 747. The van der Waals surface area contributed by atoms with Gasteiger partial charge < -0.3 is 19.1 Å². The van der Waals surface area contributed by atoms with Crippen LogP contribution in [0.25, 0.3) is 0 Å². The molecule has 2 atom stereocenters. The molecule has 0 bridgehead atoms. The summed E-state index contributed by atoms with van der Waals surface area (Å²) in [4.78, 5) is 32.7. The number of carbonyl (C=O) groups is 2. The molecule has 1 saturated carbocycles. The van der Waals surface area contributed by atoms with Crippen molar-refractivity contribution in [2.24, 2.45) is 16.7 Å². The maximum atomic E-state index is 13.6. The number of nitrogens with zero attached hydrogens (tertiary/aromatic N) is 3. The Morgan fingerprint density at radius 3 is 2.46 bits per heavy atom. The second kappa shape index (κ2) is 6.61. The Kier molecular flexibility index (Phi) is 4.30. The molecule has 0 unspecified atom stereocenters. The van der Waals surface area contributed by atoms with Gasteiger partial charge in [-0.2, -0.15) is 0 Å². The molecule has 1 aromatic heterocycles. The summed E-state index contributed by atoms with van der Waals surface area (Å²) in [5.41, 5.74) is 0.671. The lowest BCUT2D eigenvalue weighted by molar-refractivity contribution is -0.142. The van der Waals surface area contributed by atoms with Crippen LogP contribution in [0, 0.1) is 16.7 Å². The number of hydrogen-bond acceptors (Lipinski definition) is 4. The second-order valence-corrected chi connectivity index (χ2v) is 9.57. The van der Waals surface area contributed by atoms with E-state index in [1.165, 1.54) is 6.26 Å². The molecular weight excluding hydrogens is 354 g/mol. The highest BCUT2D eigenvalue weighted by Crippen LogP contribution is 2.62. The first-order valence-corrected chi connectivity index (χ1v) is 10.8. The maximum Gasteiger partial charge on any atom is 0.257 e. The molecule has 4 heterocycles. The maximum absolute atomic E-state index is 13.6. The van der Waals surface area contributed by atoms with Crippen molar-refractivity contribution in [1.29, 1.82) is 0 Å². The van der Waals surface area contributed by atoms with Crippen molar-refractivity contribution in [3.8, 4) is 0 Å². The lowest BCUT2D eigenvalue weighted by Crippen LogP contribution is -2.50. The summed E-state index contributed by atoms with van der Waals surface area (Å²) in [6, 6.07) is 1.74. The smallest absolute Gasteiger partial charge is 0.257 e. The molecule has 4 fully saturated rings. The zero-order valence-electron chi connectivity index (χ0n) is 16.9. The highest BCUT2D eigenvalue weighted by molar-refractivity contribution is 5.93. The van der Waals surface area contributed by atoms with Gasteiger partial charge in [-0.3, -0.25) is 9.59 Å². The molecular formula is C22H31N3O3. The number of amides is 2. The van der Waals surface area contributed by atoms with Crippen LogP contribution in [0.5, 0.6) is 0 Å². The number of likely N-dealkylation sites (tertiary alicyclic amines) is 3. The number of fused-ring (bicyclic) bond motifs is 2. The summed E-state index contributed by atoms with van der Waals surface area (Å²) in [5.74, 6) is 0.932. The van der Waals surface area contributed by atoms with Crippen LogP contribution >= 0.6 is 0 Å². The fourth-order valence-corrected chi connectivity index (χ4v) is 6.70. The summed E-state index contributed by atoms with van der Waals surface area (Å²) in [7, 11) is 2.17. The number of carbonyl (C=O) groups excluding carboxylic acids is 2. The first-order chi connectivity index (χ1) is 13.5. The largest absolute Gasteiger partial charge is 0.472 e. The monoisotopic (exact) mass is 385 g/mol. The van der Waals surface area contributed by atoms with Gasteiger partial charge in [-0.25, -0.2) is 0 Å². The number of hydrogen-bond donors (Lipinski definition) is 0. The molecule has 1 aliphatic carbocycles. The first kappa shape index (κ1) is 18.2. The summed E-state index contributed by atoms with van der Waals surface area (Å²) in [5, 5.41) is 0. The van der Waals surface area contributed by atoms with Gasteiger partial charge in [0.05, 0.1) is 17.2 Å². The van der Waals surface area contributed by atoms with Crippen molar-refractivity contribution in [2.45, 2.75) is 38.5 Å². The van der Waals surface area contributed by atoms with E-state index in [1.54, 1.807) is 12.3 Å². The van der Waals surface area contributed by atoms with Crippen molar-refractivity contribution in [3.63, 3.8) is 0 Å². The molecule has 152 valence electrons. The van der Waals surface area contributed by atoms with Crippen molar-refractivity contribution < 1.29 is 14.0 Å². The van der Waals surface area contributed by atoms with Crippen molar-refractivity contribution in [3.05, 3.63) is 24.2 Å². The van der Waals surface area contributed by atoms with Crippen LogP contribution in [0.2, 0.25) is 0 Å². The van der Waals surface area contributed by atoms with Gasteiger partial charge in [-0.15, -0.1) is 0 Å². The molecule has 3 aliphatic heterocycles. The highest BCUT2D eigenvalue weighted by Gasteiger charge is 2.64. The summed E-state index contributed by atoms with van der Waals surface area (Å²) in [6.45, 7) is 5.39.